The number of nitrogens with one attached hydrogen (secondary N) is 5. The fraction of sp³-hybridized carbons (Fsp3) is 0.562. The highest BCUT2D eigenvalue weighted by Gasteiger charge is 2.55. The second kappa shape index (κ2) is 16.8. The molecule has 51 heavy (non-hydrogen) atoms. The fourth-order valence-electron chi connectivity index (χ4n) is 5.77. The molecule has 0 radical (unpaired) electrons. The van der Waals surface area contributed by atoms with Gasteiger partial charge in [-0.1, -0.05) is 26.0 Å². The number of piperidine rings is 1. The summed E-state index contributed by atoms with van der Waals surface area (Å²) >= 11 is 0. The number of carbonyl (C=O) groups excluding carboxylic acids is 8. The molecule has 3 fully saturated rings. The Balaban J connectivity index is 1.19. The normalized spacial score (nSPS) is 24.2. The number of fused-ring (bicyclic) bond motifs is 1. The van der Waals surface area contributed by atoms with Gasteiger partial charge in [0.2, 0.25) is 35.4 Å². The van der Waals surface area contributed by atoms with Crippen molar-refractivity contribution in [2.45, 2.75) is 89.2 Å². The zero-order valence-corrected chi connectivity index (χ0v) is 28.3. The molecule has 19 nitrogen and oxygen atoms in total. The molecule has 8 N–H and O–H groups in total. The van der Waals surface area contributed by atoms with Gasteiger partial charge in [-0.05, 0) is 30.5 Å². The van der Waals surface area contributed by atoms with E-state index in [2.05, 4.69) is 26.6 Å². The first-order chi connectivity index (χ1) is 24.1. The van der Waals surface area contributed by atoms with Crippen molar-refractivity contribution in [1.82, 2.24) is 31.1 Å². The average molecular weight is 718 g/mol. The van der Waals surface area contributed by atoms with Gasteiger partial charge in [0.1, 0.15) is 43.1 Å². The second-order valence-electron chi connectivity index (χ2n) is 12.9. The van der Waals surface area contributed by atoms with Gasteiger partial charge in [-0.25, -0.2) is 0 Å². The van der Waals surface area contributed by atoms with Crippen molar-refractivity contribution >= 4 is 52.9 Å². The Kier molecular flexibility index (Phi) is 12.8. The van der Waals surface area contributed by atoms with Crippen LogP contribution in [-0.2, 0) is 49.7 Å². The van der Waals surface area contributed by atoms with Crippen LogP contribution in [0, 0.1) is 5.92 Å². The summed E-state index contributed by atoms with van der Waals surface area (Å²) in [6.45, 7) is 4.12. The number of likely N-dealkylation sites (tertiary alicyclic amines) is 1. The lowest BCUT2D eigenvalue weighted by Crippen LogP contribution is -2.68. The van der Waals surface area contributed by atoms with E-state index >= 15 is 0 Å². The van der Waals surface area contributed by atoms with Crippen molar-refractivity contribution in [3.05, 3.63) is 29.8 Å². The summed E-state index contributed by atoms with van der Waals surface area (Å²) in [5, 5.41) is 43.4. The Bertz CT molecular complexity index is 1520. The van der Waals surface area contributed by atoms with E-state index in [1.54, 1.807) is 38.1 Å². The maximum atomic E-state index is 13.0. The van der Waals surface area contributed by atoms with Crippen molar-refractivity contribution < 1.29 is 58.4 Å². The van der Waals surface area contributed by atoms with Crippen molar-refractivity contribution in [3.8, 4) is 0 Å². The lowest BCUT2D eigenvalue weighted by molar-refractivity contribution is -0.178. The molecule has 3 heterocycles. The molecule has 0 unspecified atom stereocenters. The summed E-state index contributed by atoms with van der Waals surface area (Å²) in [6, 6.07) is 3.36. The summed E-state index contributed by atoms with van der Waals surface area (Å²) in [5.41, 5.74) is 1.04. The molecular weight excluding hydrogens is 674 g/mol. The van der Waals surface area contributed by atoms with Crippen molar-refractivity contribution in [3.63, 3.8) is 0 Å². The lowest BCUT2D eigenvalue weighted by atomic mass is 9.92. The zero-order valence-electron chi connectivity index (χ0n) is 28.3. The number of benzene rings is 1. The van der Waals surface area contributed by atoms with Gasteiger partial charge in [0.25, 0.3) is 0 Å². The van der Waals surface area contributed by atoms with Crippen LogP contribution in [-0.4, -0.2) is 135 Å². The number of nitrogens with zero attached hydrogens (tertiary/aromatic N) is 2. The van der Waals surface area contributed by atoms with Crippen LogP contribution in [0.3, 0.4) is 0 Å². The Labute approximate surface area is 292 Å². The van der Waals surface area contributed by atoms with Crippen LogP contribution in [0.15, 0.2) is 24.3 Å². The summed E-state index contributed by atoms with van der Waals surface area (Å²) in [6.07, 6.45) is -5.99. The van der Waals surface area contributed by atoms with Gasteiger partial charge < -0.3 is 51.5 Å². The maximum absolute atomic E-state index is 13.0. The predicted octanol–water partition coefficient (Wildman–Crippen LogP) is -3.81. The molecule has 0 aliphatic carbocycles. The first kappa shape index (κ1) is 38.8. The third-order valence-corrected chi connectivity index (χ3v) is 8.71. The van der Waals surface area contributed by atoms with Crippen molar-refractivity contribution in [2.24, 2.45) is 5.92 Å². The van der Waals surface area contributed by atoms with Gasteiger partial charge in [-0.3, -0.25) is 43.3 Å². The molecule has 8 amide bonds. The number of aliphatic hydroxyl groups is 3. The third kappa shape index (κ3) is 9.43. The number of rotatable bonds is 15. The minimum atomic E-state index is -1.61. The van der Waals surface area contributed by atoms with E-state index in [-0.39, 0.29) is 44.9 Å². The smallest absolute Gasteiger partial charge is 0.314 e. The zero-order chi connectivity index (χ0) is 37.6. The Hall–Kier alpha value is -4.98. The Morgan fingerprint density at radius 3 is 2.16 bits per heavy atom. The molecule has 7 atom stereocenters. The second-order valence-corrected chi connectivity index (χ2v) is 12.9. The maximum Gasteiger partial charge on any atom is 0.314 e. The summed E-state index contributed by atoms with van der Waals surface area (Å²) in [7, 11) is 0. The van der Waals surface area contributed by atoms with Gasteiger partial charge in [0.05, 0.1) is 19.3 Å². The SMILES string of the molecule is CC(C)[C@H](NC(=O)CCNC(=O)CN1C(=O)CCC1=O)C(=O)N[C@@H](C)C(=O)Nc1ccc(COC[C@@H]2[C@@H](O)[C@H](O)[C@H](O)[C@H]3NC(=O)C(=O)N23)cc1. The van der Waals surface area contributed by atoms with Crippen LogP contribution >= 0.6 is 0 Å². The number of hydrogen-bond donors (Lipinski definition) is 8. The molecule has 1 aromatic carbocycles. The van der Waals surface area contributed by atoms with Gasteiger partial charge >= 0.3 is 11.8 Å². The summed E-state index contributed by atoms with van der Waals surface area (Å²) in [4.78, 5) is 99.7. The van der Waals surface area contributed by atoms with Crippen molar-refractivity contribution in [2.75, 3.05) is 25.0 Å². The molecule has 0 bridgehead atoms. The highest BCUT2D eigenvalue weighted by molar-refractivity contribution is 6.37. The van der Waals surface area contributed by atoms with Gasteiger partial charge in [-0.2, -0.15) is 0 Å². The standard InChI is InChI=1S/C32H43N7O12/c1-15(2)24(36-20(40)10-11-33-21(41)12-38-22(42)8-9-23(38)43)30(48)34-16(3)29(47)35-18-6-4-17(5-7-18)13-51-14-19-25(44)26(45)27(46)28-37-31(49)32(50)39(19)28/h4-7,15-16,19,24-28,44-46H,8-14H2,1-3H3,(H,33,41)(H,34,48)(H,35,47)(H,36,40)(H,37,49)/t16-,19+,24-,25+,26-,27-,28-/m0/s1. The highest BCUT2D eigenvalue weighted by atomic mass is 16.5. The molecule has 0 spiro atoms. The quantitative estimate of drug-likeness (QED) is 0.0641. The molecule has 3 aliphatic heterocycles. The van der Waals surface area contributed by atoms with E-state index < -0.39 is 96.4 Å². The summed E-state index contributed by atoms with van der Waals surface area (Å²) < 4.78 is 5.65. The number of hydrogen-bond acceptors (Lipinski definition) is 12. The first-order valence-electron chi connectivity index (χ1n) is 16.4. The van der Waals surface area contributed by atoms with Crippen LogP contribution in [0.1, 0.15) is 45.6 Å². The molecule has 0 saturated carbocycles. The number of ether oxygens (including phenoxy) is 1. The number of aliphatic hydroxyl groups excluding tert-OH is 3. The number of amides is 8. The summed E-state index contributed by atoms with van der Waals surface area (Å²) in [5.74, 6) is -5.41. The van der Waals surface area contributed by atoms with E-state index in [4.69, 9.17) is 4.74 Å². The Morgan fingerprint density at radius 1 is 0.882 bits per heavy atom. The van der Waals surface area contributed by atoms with Crippen molar-refractivity contribution in [1.29, 1.82) is 0 Å². The minimum absolute atomic E-state index is 0.00588. The van der Waals surface area contributed by atoms with Crippen LogP contribution in [0.2, 0.25) is 0 Å². The van der Waals surface area contributed by atoms with E-state index in [1.165, 1.54) is 6.92 Å². The molecule has 278 valence electrons. The van der Waals surface area contributed by atoms with Crippen LogP contribution in [0.5, 0.6) is 0 Å². The van der Waals surface area contributed by atoms with Crippen LogP contribution in [0.4, 0.5) is 5.69 Å². The highest BCUT2D eigenvalue weighted by Crippen LogP contribution is 2.27. The molecular formula is C32H43N7O12. The van der Waals surface area contributed by atoms with E-state index in [1.807, 2.05) is 0 Å². The monoisotopic (exact) mass is 717 g/mol. The molecule has 4 rings (SSSR count). The van der Waals surface area contributed by atoms with Gasteiger partial charge in [0.15, 0.2) is 0 Å². The molecule has 3 saturated heterocycles. The lowest BCUT2D eigenvalue weighted by Gasteiger charge is -2.44. The number of imide groups is 1. The fourth-order valence-corrected chi connectivity index (χ4v) is 5.77. The van der Waals surface area contributed by atoms with Crippen LogP contribution in [0.25, 0.3) is 0 Å². The average Bonchev–Trinajstić information content (AvgIpc) is 3.56. The molecule has 3 aliphatic rings. The minimum Gasteiger partial charge on any atom is -0.388 e. The van der Waals surface area contributed by atoms with Crippen LogP contribution < -0.4 is 26.6 Å². The molecule has 0 aromatic heterocycles. The van der Waals surface area contributed by atoms with Gasteiger partial charge in [-0.15, -0.1) is 0 Å². The third-order valence-electron chi connectivity index (χ3n) is 8.71. The number of carbonyl (C=O) groups is 8. The predicted molar refractivity (Wildman–Crippen MR) is 173 cm³/mol. The largest absolute Gasteiger partial charge is 0.388 e. The van der Waals surface area contributed by atoms with E-state index in [0.717, 1.165) is 9.80 Å². The Morgan fingerprint density at radius 2 is 1.53 bits per heavy atom. The topological polar surface area (TPSA) is 273 Å². The van der Waals surface area contributed by atoms with E-state index in [9.17, 15) is 53.7 Å². The van der Waals surface area contributed by atoms with Gasteiger partial charge in [0, 0.05) is 31.5 Å². The first-order valence-corrected chi connectivity index (χ1v) is 16.4. The molecule has 1 aromatic rings. The number of anilines is 1. The molecule has 19 heteroatoms. The van der Waals surface area contributed by atoms with E-state index in [0.29, 0.717) is 11.3 Å².